The highest BCUT2D eigenvalue weighted by molar-refractivity contribution is 6.01. The number of carbonyl (C=O) groups is 1. The van der Waals surface area contributed by atoms with Crippen LogP contribution in [0.4, 0.5) is 0 Å². The molecule has 1 saturated heterocycles. The molecular weight excluding hydrogens is 336 g/mol. The number of carboxylic acid groups (broad SMARTS) is 1. The number of rotatable bonds is 6. The maximum absolute atomic E-state index is 11.5. The second-order valence-electron chi connectivity index (χ2n) is 6.75. The number of aromatic carboxylic acids is 1. The first-order chi connectivity index (χ1) is 11.7. The Morgan fingerprint density at radius 1 is 1.28 bits per heavy atom. The predicted octanol–water partition coefficient (Wildman–Crippen LogP) is 4.63. The van der Waals surface area contributed by atoms with Crippen molar-refractivity contribution in [2.24, 2.45) is 5.92 Å². The molecule has 1 aliphatic rings. The number of nitrogens with zero attached hydrogens (tertiary/aromatic N) is 1. The Morgan fingerprint density at radius 2 is 2.04 bits per heavy atom. The number of unbranched alkanes of at least 4 members (excludes halogenated alkanes) is 1. The molecule has 2 aromatic rings. The van der Waals surface area contributed by atoms with Gasteiger partial charge in [-0.25, -0.2) is 4.79 Å². The first kappa shape index (κ1) is 19.7. The molecule has 0 radical (unpaired) electrons. The van der Waals surface area contributed by atoms with Crippen LogP contribution >= 0.6 is 12.4 Å². The van der Waals surface area contributed by atoms with Crippen LogP contribution < -0.4 is 5.32 Å². The Labute approximate surface area is 155 Å². The number of fused-ring (bicyclic) bond motifs is 1. The van der Waals surface area contributed by atoms with Crippen molar-refractivity contribution < 1.29 is 9.90 Å². The molecule has 1 aromatic carbocycles. The van der Waals surface area contributed by atoms with Crippen molar-refractivity contribution in [3.05, 3.63) is 41.6 Å². The van der Waals surface area contributed by atoms with Gasteiger partial charge in [0.2, 0.25) is 0 Å². The number of hydrogen-bond donors (Lipinski definition) is 2. The summed E-state index contributed by atoms with van der Waals surface area (Å²) < 4.78 is 0. The zero-order valence-corrected chi connectivity index (χ0v) is 15.5. The van der Waals surface area contributed by atoms with E-state index in [2.05, 4.69) is 18.3 Å². The van der Waals surface area contributed by atoms with Gasteiger partial charge in [0.25, 0.3) is 0 Å². The predicted molar refractivity (Wildman–Crippen MR) is 104 cm³/mol. The van der Waals surface area contributed by atoms with Gasteiger partial charge in [-0.1, -0.05) is 38.0 Å². The fourth-order valence-electron chi connectivity index (χ4n) is 3.84. The Morgan fingerprint density at radius 3 is 2.72 bits per heavy atom. The second kappa shape index (κ2) is 9.16. The molecule has 1 aliphatic heterocycles. The van der Waals surface area contributed by atoms with Gasteiger partial charge in [-0.2, -0.15) is 0 Å². The lowest BCUT2D eigenvalue weighted by molar-refractivity contribution is 0.0699. The average Bonchev–Trinajstić information content (AvgIpc) is 2.62. The molecule has 1 fully saturated rings. The number of hydrogen-bond acceptors (Lipinski definition) is 3. The number of carboxylic acids is 1. The van der Waals surface area contributed by atoms with Crippen molar-refractivity contribution in [1.29, 1.82) is 0 Å². The lowest BCUT2D eigenvalue weighted by Crippen LogP contribution is -2.31. The highest BCUT2D eigenvalue weighted by Crippen LogP contribution is 2.35. The van der Waals surface area contributed by atoms with Crippen LogP contribution in [0, 0.1) is 5.92 Å². The molecule has 0 saturated carbocycles. The third kappa shape index (κ3) is 4.50. The number of pyridine rings is 1. The number of para-hydroxylation sites is 1. The topological polar surface area (TPSA) is 62.2 Å². The molecule has 0 bridgehead atoms. The van der Waals surface area contributed by atoms with Crippen LogP contribution in [0.1, 0.15) is 61.0 Å². The highest BCUT2D eigenvalue weighted by Gasteiger charge is 2.26. The van der Waals surface area contributed by atoms with E-state index in [0.717, 1.165) is 30.6 Å². The minimum Gasteiger partial charge on any atom is -0.478 e. The van der Waals surface area contributed by atoms with E-state index in [9.17, 15) is 9.90 Å². The first-order valence-corrected chi connectivity index (χ1v) is 9.04. The third-order valence-corrected chi connectivity index (χ3v) is 5.17. The van der Waals surface area contributed by atoms with Gasteiger partial charge in [-0.05, 0) is 50.4 Å². The van der Waals surface area contributed by atoms with Crippen molar-refractivity contribution in [3.8, 4) is 0 Å². The number of halogens is 1. The Bertz CT molecular complexity index is 714. The highest BCUT2D eigenvalue weighted by atomic mass is 35.5. The maximum Gasteiger partial charge on any atom is 0.337 e. The van der Waals surface area contributed by atoms with E-state index < -0.39 is 5.97 Å². The zero-order valence-electron chi connectivity index (χ0n) is 14.7. The molecule has 0 amide bonds. The van der Waals surface area contributed by atoms with Crippen LogP contribution in [0.25, 0.3) is 10.9 Å². The monoisotopic (exact) mass is 362 g/mol. The average molecular weight is 363 g/mol. The molecule has 1 atom stereocenters. The van der Waals surface area contributed by atoms with E-state index >= 15 is 0 Å². The molecule has 4 nitrogen and oxygen atoms in total. The van der Waals surface area contributed by atoms with Crippen LogP contribution in [0.5, 0.6) is 0 Å². The molecule has 25 heavy (non-hydrogen) atoms. The van der Waals surface area contributed by atoms with E-state index in [1.807, 2.05) is 12.1 Å². The van der Waals surface area contributed by atoms with Crippen LogP contribution in [-0.4, -0.2) is 29.1 Å². The van der Waals surface area contributed by atoms with Gasteiger partial charge in [-0.15, -0.1) is 12.4 Å². The number of aromatic nitrogens is 1. The van der Waals surface area contributed by atoms with Crippen molar-refractivity contribution in [2.45, 2.75) is 44.9 Å². The minimum absolute atomic E-state index is 0. The lowest BCUT2D eigenvalue weighted by Gasteiger charge is -2.30. The molecule has 2 heterocycles. The van der Waals surface area contributed by atoms with Crippen molar-refractivity contribution in [2.75, 3.05) is 13.1 Å². The summed E-state index contributed by atoms with van der Waals surface area (Å²) in [7, 11) is 0. The van der Waals surface area contributed by atoms with Gasteiger partial charge in [0.1, 0.15) is 0 Å². The summed E-state index contributed by atoms with van der Waals surface area (Å²) in [6, 6.07) is 9.51. The van der Waals surface area contributed by atoms with E-state index in [1.54, 1.807) is 12.1 Å². The zero-order chi connectivity index (χ0) is 16.9. The van der Waals surface area contributed by atoms with Gasteiger partial charge >= 0.3 is 5.97 Å². The smallest absolute Gasteiger partial charge is 0.337 e. The number of benzene rings is 1. The fourth-order valence-corrected chi connectivity index (χ4v) is 3.84. The number of nitrogens with one attached hydrogen (secondary N) is 1. The largest absolute Gasteiger partial charge is 0.478 e. The normalized spacial score (nSPS) is 16.4. The molecule has 5 heteroatoms. The fraction of sp³-hybridized carbons (Fsp3) is 0.500. The maximum atomic E-state index is 11.5. The van der Waals surface area contributed by atoms with Crippen molar-refractivity contribution >= 4 is 29.3 Å². The van der Waals surface area contributed by atoms with Gasteiger partial charge in [0, 0.05) is 17.0 Å². The summed E-state index contributed by atoms with van der Waals surface area (Å²) in [4.78, 5) is 16.3. The van der Waals surface area contributed by atoms with Gasteiger partial charge in [-0.3, -0.25) is 4.98 Å². The SMILES string of the molecule is CCCCC(c1ccc2cccc(C(=O)O)c2n1)C1CCNCC1.Cl. The van der Waals surface area contributed by atoms with Crippen LogP contribution in [-0.2, 0) is 0 Å². The molecule has 1 unspecified atom stereocenters. The molecule has 1 aromatic heterocycles. The van der Waals surface area contributed by atoms with E-state index in [1.165, 1.54) is 25.7 Å². The van der Waals surface area contributed by atoms with Gasteiger partial charge < -0.3 is 10.4 Å². The molecule has 0 aliphatic carbocycles. The Kier molecular flexibility index (Phi) is 7.21. The summed E-state index contributed by atoms with van der Waals surface area (Å²) >= 11 is 0. The van der Waals surface area contributed by atoms with Crippen LogP contribution in [0.3, 0.4) is 0 Å². The minimum atomic E-state index is -0.905. The van der Waals surface area contributed by atoms with E-state index in [4.69, 9.17) is 4.98 Å². The summed E-state index contributed by atoms with van der Waals surface area (Å²) in [6.45, 7) is 4.36. The van der Waals surface area contributed by atoms with Gasteiger partial charge in [0.15, 0.2) is 0 Å². The first-order valence-electron chi connectivity index (χ1n) is 9.04. The standard InChI is InChI=1S/C20H26N2O2.ClH/c1-2-3-6-16(14-10-12-21-13-11-14)18-9-8-15-5-4-7-17(20(23)24)19(15)22-18;/h4-5,7-9,14,16,21H,2-3,6,10-13H2,1H3,(H,23,24);1H. The van der Waals surface area contributed by atoms with Crippen LogP contribution in [0.15, 0.2) is 30.3 Å². The summed E-state index contributed by atoms with van der Waals surface area (Å²) in [5.41, 5.74) is 1.99. The molecular formula is C20H27ClN2O2. The summed E-state index contributed by atoms with van der Waals surface area (Å²) in [5.74, 6) is 0.162. The summed E-state index contributed by atoms with van der Waals surface area (Å²) in [6.07, 6.45) is 5.85. The van der Waals surface area contributed by atoms with Crippen molar-refractivity contribution in [1.82, 2.24) is 10.3 Å². The Balaban J connectivity index is 0.00000225. The summed E-state index contributed by atoms with van der Waals surface area (Å²) in [5, 5.41) is 13.8. The molecule has 0 spiro atoms. The molecule has 2 N–H and O–H groups in total. The third-order valence-electron chi connectivity index (χ3n) is 5.17. The van der Waals surface area contributed by atoms with E-state index in [-0.39, 0.29) is 12.4 Å². The van der Waals surface area contributed by atoms with E-state index in [0.29, 0.717) is 22.9 Å². The Hall–Kier alpha value is -1.65. The van der Waals surface area contributed by atoms with Crippen molar-refractivity contribution in [3.63, 3.8) is 0 Å². The quantitative estimate of drug-likeness (QED) is 0.786. The van der Waals surface area contributed by atoms with Crippen LogP contribution in [0.2, 0.25) is 0 Å². The second-order valence-corrected chi connectivity index (χ2v) is 6.75. The molecule has 3 rings (SSSR count). The lowest BCUT2D eigenvalue weighted by atomic mass is 9.79. The molecule has 136 valence electrons. The van der Waals surface area contributed by atoms with Gasteiger partial charge in [0.05, 0.1) is 11.1 Å². The number of piperidine rings is 1.